The number of likely N-dealkylation sites (tertiary alicyclic amines) is 1. The summed E-state index contributed by atoms with van der Waals surface area (Å²) in [6.07, 6.45) is -2.88. The fourth-order valence-corrected chi connectivity index (χ4v) is 3.68. The van der Waals surface area contributed by atoms with Crippen LogP contribution < -0.4 is 20.3 Å². The highest BCUT2D eigenvalue weighted by Crippen LogP contribution is 2.31. The van der Waals surface area contributed by atoms with E-state index in [2.05, 4.69) is 15.6 Å². The number of carbonyl (C=O) groups excluding carboxylic acids is 1. The highest BCUT2D eigenvalue weighted by molar-refractivity contribution is 5.97. The molecule has 1 aromatic rings. The number of anilines is 1. The molecule has 1 aromatic carbocycles. The van der Waals surface area contributed by atoms with Crippen molar-refractivity contribution in [2.75, 3.05) is 50.8 Å². The van der Waals surface area contributed by atoms with Gasteiger partial charge in [0.2, 0.25) is 0 Å². The summed E-state index contributed by atoms with van der Waals surface area (Å²) in [6, 6.07) is 7.35. The summed E-state index contributed by atoms with van der Waals surface area (Å²) < 4.78 is 43.1. The molecular weight excluding hydrogens is 399 g/mol. The van der Waals surface area contributed by atoms with E-state index in [0.717, 1.165) is 5.69 Å². The predicted molar refractivity (Wildman–Crippen MR) is 109 cm³/mol. The van der Waals surface area contributed by atoms with E-state index in [1.165, 1.54) is 4.90 Å². The van der Waals surface area contributed by atoms with Crippen LogP contribution in [0.15, 0.2) is 29.3 Å². The summed E-state index contributed by atoms with van der Waals surface area (Å²) in [6.45, 7) is 3.49. The minimum Gasteiger partial charge on any atom is -0.482 e. The number of nitrogens with one attached hydrogen (secondary N) is 2. The molecule has 2 aliphatic heterocycles. The van der Waals surface area contributed by atoms with E-state index < -0.39 is 12.7 Å². The number of fused-ring (bicyclic) bond motifs is 1. The monoisotopic (exact) mass is 427 g/mol. The van der Waals surface area contributed by atoms with Gasteiger partial charge in [0.1, 0.15) is 5.75 Å². The molecule has 2 heterocycles. The van der Waals surface area contributed by atoms with Crippen molar-refractivity contribution in [2.45, 2.75) is 32.0 Å². The molecule has 166 valence electrons. The molecule has 7 nitrogen and oxygen atoms in total. The van der Waals surface area contributed by atoms with E-state index in [4.69, 9.17) is 4.74 Å². The number of para-hydroxylation sites is 2. The minimum absolute atomic E-state index is 0.0284. The van der Waals surface area contributed by atoms with E-state index >= 15 is 0 Å². The molecule has 2 N–H and O–H groups in total. The number of hydrogen-bond donors (Lipinski definition) is 2. The maximum absolute atomic E-state index is 12.6. The average Bonchev–Trinajstić information content (AvgIpc) is 3.11. The second-order valence-corrected chi connectivity index (χ2v) is 7.40. The Labute approximate surface area is 174 Å². The van der Waals surface area contributed by atoms with Gasteiger partial charge >= 0.3 is 6.18 Å². The minimum atomic E-state index is -4.18. The van der Waals surface area contributed by atoms with Crippen molar-refractivity contribution < 1.29 is 22.7 Å². The lowest BCUT2D eigenvalue weighted by Gasteiger charge is -2.29. The standard InChI is InChI=1S/C20H28F3N5O2/c1-2-24-19(26-15-8-11-27(12-15)14-20(21,22)23)25-9-5-10-28-16-6-3-4-7-17(16)30-13-18(28)29/h3-4,6-7,15H,2,5,8-14H2,1H3,(H2,24,25,26). The molecule has 0 aromatic heterocycles. The predicted octanol–water partition coefficient (Wildman–Crippen LogP) is 1.99. The molecule has 0 saturated carbocycles. The Kier molecular flexibility index (Phi) is 7.41. The van der Waals surface area contributed by atoms with Crippen molar-refractivity contribution in [3.05, 3.63) is 24.3 Å². The summed E-state index contributed by atoms with van der Waals surface area (Å²) in [4.78, 5) is 19.8. The summed E-state index contributed by atoms with van der Waals surface area (Å²) in [5.41, 5.74) is 0.762. The topological polar surface area (TPSA) is 69.2 Å². The lowest BCUT2D eigenvalue weighted by molar-refractivity contribution is -0.143. The van der Waals surface area contributed by atoms with E-state index in [1.54, 1.807) is 4.90 Å². The van der Waals surface area contributed by atoms with Crippen molar-refractivity contribution >= 4 is 17.6 Å². The fraction of sp³-hybridized carbons (Fsp3) is 0.600. The Bertz CT molecular complexity index is 756. The van der Waals surface area contributed by atoms with Gasteiger partial charge < -0.3 is 20.3 Å². The number of nitrogens with zero attached hydrogens (tertiary/aromatic N) is 3. The lowest BCUT2D eigenvalue weighted by Crippen LogP contribution is -2.45. The van der Waals surface area contributed by atoms with E-state index in [1.807, 2.05) is 31.2 Å². The molecule has 3 rings (SSSR count). The van der Waals surface area contributed by atoms with Crippen molar-refractivity contribution in [2.24, 2.45) is 4.99 Å². The zero-order chi connectivity index (χ0) is 21.6. The molecule has 0 spiro atoms. The maximum atomic E-state index is 12.6. The highest BCUT2D eigenvalue weighted by Gasteiger charge is 2.34. The SMILES string of the molecule is CCNC(=NCCCN1C(=O)COc2ccccc21)NC1CCN(CC(F)(F)F)C1. The Morgan fingerprint density at radius 1 is 1.33 bits per heavy atom. The molecule has 2 aliphatic rings. The first-order valence-electron chi connectivity index (χ1n) is 10.2. The normalized spacial score (nSPS) is 20.1. The van der Waals surface area contributed by atoms with Gasteiger partial charge in [-0.1, -0.05) is 12.1 Å². The smallest absolute Gasteiger partial charge is 0.401 e. The van der Waals surface area contributed by atoms with Gasteiger partial charge in [0.05, 0.1) is 12.2 Å². The van der Waals surface area contributed by atoms with Gasteiger partial charge in [0.15, 0.2) is 12.6 Å². The van der Waals surface area contributed by atoms with Crippen LogP contribution in [0, 0.1) is 0 Å². The maximum Gasteiger partial charge on any atom is 0.401 e. The Balaban J connectivity index is 1.49. The number of ether oxygens (including phenoxy) is 1. The third kappa shape index (κ3) is 6.25. The zero-order valence-corrected chi connectivity index (χ0v) is 17.0. The number of halogens is 3. The van der Waals surface area contributed by atoms with Crippen LogP contribution in [0.25, 0.3) is 0 Å². The van der Waals surface area contributed by atoms with Crippen LogP contribution in [0.3, 0.4) is 0 Å². The van der Waals surface area contributed by atoms with Crippen LogP contribution >= 0.6 is 0 Å². The first-order valence-corrected chi connectivity index (χ1v) is 10.2. The van der Waals surface area contributed by atoms with Gasteiger partial charge in [0, 0.05) is 38.8 Å². The number of rotatable bonds is 7. The fourth-order valence-electron chi connectivity index (χ4n) is 3.68. The molecule has 1 saturated heterocycles. The third-order valence-electron chi connectivity index (χ3n) is 4.98. The van der Waals surface area contributed by atoms with Gasteiger partial charge in [-0.25, -0.2) is 0 Å². The highest BCUT2D eigenvalue weighted by atomic mass is 19.4. The van der Waals surface area contributed by atoms with Crippen molar-refractivity contribution in [1.29, 1.82) is 0 Å². The molecule has 30 heavy (non-hydrogen) atoms. The summed E-state index contributed by atoms with van der Waals surface area (Å²) in [5, 5.41) is 6.36. The molecule has 1 atom stereocenters. The number of benzene rings is 1. The van der Waals surface area contributed by atoms with Gasteiger partial charge in [-0.2, -0.15) is 13.2 Å². The van der Waals surface area contributed by atoms with E-state index in [0.29, 0.717) is 57.3 Å². The number of guanidine groups is 1. The van der Waals surface area contributed by atoms with Gasteiger partial charge in [-0.3, -0.25) is 14.7 Å². The lowest BCUT2D eigenvalue weighted by atomic mass is 10.2. The quantitative estimate of drug-likeness (QED) is 0.396. The summed E-state index contributed by atoms with van der Waals surface area (Å²) in [5.74, 6) is 1.20. The second-order valence-electron chi connectivity index (χ2n) is 7.40. The van der Waals surface area contributed by atoms with Gasteiger partial charge in [-0.15, -0.1) is 0 Å². The summed E-state index contributed by atoms with van der Waals surface area (Å²) in [7, 11) is 0. The van der Waals surface area contributed by atoms with Crippen molar-refractivity contribution in [3.63, 3.8) is 0 Å². The number of amides is 1. The van der Waals surface area contributed by atoms with E-state index in [9.17, 15) is 18.0 Å². The molecule has 0 aliphatic carbocycles. The van der Waals surface area contributed by atoms with Gasteiger partial charge in [0.25, 0.3) is 5.91 Å². The third-order valence-corrected chi connectivity index (χ3v) is 4.98. The number of carbonyl (C=O) groups is 1. The van der Waals surface area contributed by atoms with Crippen molar-refractivity contribution in [3.8, 4) is 5.75 Å². The van der Waals surface area contributed by atoms with Crippen LogP contribution in [0.2, 0.25) is 0 Å². The number of alkyl halides is 3. The molecular formula is C20H28F3N5O2. The Hall–Kier alpha value is -2.49. The molecule has 1 unspecified atom stereocenters. The molecule has 0 radical (unpaired) electrons. The largest absolute Gasteiger partial charge is 0.482 e. The second kappa shape index (κ2) is 10.0. The first kappa shape index (κ1) is 22.2. The summed E-state index contributed by atoms with van der Waals surface area (Å²) >= 11 is 0. The zero-order valence-electron chi connectivity index (χ0n) is 17.0. The molecule has 0 bridgehead atoms. The van der Waals surface area contributed by atoms with E-state index in [-0.39, 0.29) is 18.6 Å². The van der Waals surface area contributed by atoms with Crippen LogP contribution in [-0.4, -0.2) is 74.9 Å². The molecule has 10 heteroatoms. The average molecular weight is 427 g/mol. The molecule has 1 fully saturated rings. The Morgan fingerprint density at radius 2 is 2.13 bits per heavy atom. The number of hydrogen-bond acceptors (Lipinski definition) is 4. The van der Waals surface area contributed by atoms with Crippen LogP contribution in [0.4, 0.5) is 18.9 Å². The Morgan fingerprint density at radius 3 is 2.90 bits per heavy atom. The van der Waals surface area contributed by atoms with Crippen LogP contribution in [0.5, 0.6) is 5.75 Å². The number of aliphatic imine (C=N–C) groups is 1. The van der Waals surface area contributed by atoms with Crippen LogP contribution in [0.1, 0.15) is 19.8 Å². The van der Waals surface area contributed by atoms with Crippen molar-refractivity contribution in [1.82, 2.24) is 15.5 Å². The molecule has 1 amide bonds. The van der Waals surface area contributed by atoms with Crippen LogP contribution in [-0.2, 0) is 4.79 Å². The first-order chi connectivity index (χ1) is 14.4. The van der Waals surface area contributed by atoms with Gasteiger partial charge in [-0.05, 0) is 31.9 Å².